The molecule has 1 rings (SSSR count). The normalized spacial score (nSPS) is 12.9. The van der Waals surface area contributed by atoms with Crippen LogP contribution in [0.25, 0.3) is 0 Å². The molecule has 0 aromatic heterocycles. The zero-order valence-corrected chi connectivity index (χ0v) is 21.9. The average molecular weight is 545 g/mol. The third kappa shape index (κ3) is 18.7. The van der Waals surface area contributed by atoms with Gasteiger partial charge in [-0.15, -0.1) is 0 Å². The number of amides is 3. The molecule has 0 bridgehead atoms. The largest absolute Gasteiger partial charge is 0.379 e. The number of hydrogen-bond donors (Lipinski definition) is 1. The van der Waals surface area contributed by atoms with Crippen LogP contribution in [0.2, 0.25) is 0 Å². The number of ether oxygens (including phenoxy) is 6. The summed E-state index contributed by atoms with van der Waals surface area (Å²) < 4.78 is 32.2. The fraction of sp³-hybridized carbons (Fsp3) is 0.720. The predicted molar refractivity (Wildman–Crippen MR) is 133 cm³/mol. The first-order valence-electron chi connectivity index (χ1n) is 12.8. The minimum Gasteiger partial charge on any atom is -0.379 e. The van der Waals surface area contributed by atoms with Crippen molar-refractivity contribution >= 4 is 29.8 Å². The number of carbonyl (C=O) groups excluding carboxylic acids is 5. The van der Waals surface area contributed by atoms with Crippen molar-refractivity contribution < 1.29 is 52.4 Å². The molecule has 0 aromatic carbocycles. The fourth-order valence-corrected chi connectivity index (χ4v) is 2.95. The highest BCUT2D eigenvalue weighted by Crippen LogP contribution is 2.03. The maximum atomic E-state index is 11.7. The fourth-order valence-electron chi connectivity index (χ4n) is 2.95. The molecule has 216 valence electrons. The number of imide groups is 1. The maximum Gasteiger partial charge on any atom is 0.253 e. The van der Waals surface area contributed by atoms with Crippen LogP contribution in [0.3, 0.4) is 0 Å². The minimum absolute atomic E-state index is 0.0227. The van der Waals surface area contributed by atoms with E-state index in [1.165, 1.54) is 12.2 Å². The molecule has 3 amide bonds. The Labute approximate surface area is 223 Å². The number of rotatable bonds is 27. The Hall–Kier alpha value is -2.55. The van der Waals surface area contributed by atoms with Gasteiger partial charge in [0.2, 0.25) is 5.91 Å². The van der Waals surface area contributed by atoms with Crippen molar-refractivity contribution in [1.29, 1.82) is 0 Å². The Kier molecular flexibility index (Phi) is 20.8. The van der Waals surface area contributed by atoms with Gasteiger partial charge in [0.1, 0.15) is 12.1 Å². The van der Waals surface area contributed by atoms with Gasteiger partial charge in [-0.25, -0.2) is 0 Å². The molecule has 1 aliphatic heterocycles. The molecule has 0 saturated carbocycles. The summed E-state index contributed by atoms with van der Waals surface area (Å²) in [6.07, 6.45) is 4.01. The molecule has 0 radical (unpaired) electrons. The minimum atomic E-state index is -0.401. The van der Waals surface area contributed by atoms with Gasteiger partial charge in [0.25, 0.3) is 11.8 Å². The zero-order valence-electron chi connectivity index (χ0n) is 21.9. The summed E-state index contributed by atoms with van der Waals surface area (Å²) in [5, 5.41) is 2.66. The van der Waals surface area contributed by atoms with Crippen LogP contribution >= 0.6 is 0 Å². The highest BCUT2D eigenvalue weighted by atomic mass is 16.6. The molecule has 0 aromatic rings. The first-order valence-corrected chi connectivity index (χ1v) is 12.8. The van der Waals surface area contributed by atoms with E-state index in [-0.39, 0.29) is 37.5 Å². The molecule has 0 fully saturated rings. The van der Waals surface area contributed by atoms with Gasteiger partial charge in [0, 0.05) is 50.9 Å². The van der Waals surface area contributed by atoms with E-state index >= 15 is 0 Å². The van der Waals surface area contributed by atoms with Crippen molar-refractivity contribution in [3.8, 4) is 0 Å². The summed E-state index contributed by atoms with van der Waals surface area (Å²) in [4.78, 5) is 57.1. The van der Waals surface area contributed by atoms with Crippen LogP contribution in [0.5, 0.6) is 0 Å². The van der Waals surface area contributed by atoms with Crippen LogP contribution in [0, 0.1) is 0 Å². The van der Waals surface area contributed by atoms with Crippen molar-refractivity contribution in [2.45, 2.75) is 25.7 Å². The zero-order chi connectivity index (χ0) is 27.7. The van der Waals surface area contributed by atoms with Gasteiger partial charge in [0.15, 0.2) is 0 Å². The molecule has 0 saturated heterocycles. The molecule has 1 aliphatic rings. The molecule has 38 heavy (non-hydrogen) atoms. The summed E-state index contributed by atoms with van der Waals surface area (Å²) in [5.74, 6) is -1.04. The number of ketones is 1. The van der Waals surface area contributed by atoms with Gasteiger partial charge in [-0.1, -0.05) is 0 Å². The second-order valence-electron chi connectivity index (χ2n) is 7.93. The summed E-state index contributed by atoms with van der Waals surface area (Å²) in [5.41, 5.74) is 0. The number of nitrogens with zero attached hydrogens (tertiary/aromatic N) is 1. The monoisotopic (exact) mass is 544 g/mol. The standard InChI is InChI=1S/C25H40N2O11/c28-9-1-2-22(29)6-10-33-12-14-35-16-18-37-20-21-38-19-17-36-15-13-34-11-7-26-23(30)5-8-27-24(31)3-4-25(27)32/h3-4,9H,1-2,5-8,10-21H2,(H,26,30). The van der Waals surface area contributed by atoms with Gasteiger partial charge < -0.3 is 38.5 Å². The van der Waals surface area contributed by atoms with Crippen LogP contribution in [0.1, 0.15) is 25.7 Å². The van der Waals surface area contributed by atoms with Crippen LogP contribution < -0.4 is 5.32 Å². The molecule has 0 spiro atoms. The lowest BCUT2D eigenvalue weighted by Gasteiger charge is -2.13. The lowest BCUT2D eigenvalue weighted by molar-refractivity contribution is -0.137. The van der Waals surface area contributed by atoms with E-state index in [4.69, 9.17) is 28.4 Å². The van der Waals surface area contributed by atoms with E-state index < -0.39 is 11.8 Å². The van der Waals surface area contributed by atoms with Crippen LogP contribution in [0.4, 0.5) is 0 Å². The van der Waals surface area contributed by atoms with Gasteiger partial charge in [0.05, 0.1) is 79.3 Å². The Bertz CT molecular complexity index is 712. The SMILES string of the molecule is O=CCCC(=O)CCOCCOCCOCCOCCOCCOCCNC(=O)CCN1C(=O)C=CC1=O. The highest BCUT2D eigenvalue weighted by molar-refractivity contribution is 6.13. The van der Waals surface area contributed by atoms with Crippen molar-refractivity contribution in [1.82, 2.24) is 10.2 Å². The van der Waals surface area contributed by atoms with Gasteiger partial charge >= 0.3 is 0 Å². The van der Waals surface area contributed by atoms with E-state index in [2.05, 4.69) is 5.32 Å². The topological polar surface area (TPSA) is 156 Å². The molecule has 0 aliphatic carbocycles. The predicted octanol–water partition coefficient (Wildman–Crippen LogP) is -0.544. The molecule has 0 unspecified atom stereocenters. The van der Waals surface area contributed by atoms with Crippen molar-refractivity contribution in [3.05, 3.63) is 12.2 Å². The molecular weight excluding hydrogens is 504 g/mol. The third-order valence-corrected chi connectivity index (χ3v) is 4.96. The average Bonchev–Trinajstić information content (AvgIpc) is 3.23. The van der Waals surface area contributed by atoms with Gasteiger partial charge in [-0.05, 0) is 0 Å². The van der Waals surface area contributed by atoms with Crippen molar-refractivity contribution in [2.75, 3.05) is 92.4 Å². The van der Waals surface area contributed by atoms with Gasteiger partial charge in [-0.2, -0.15) is 0 Å². The summed E-state index contributed by atoms with van der Waals surface area (Å²) in [6.45, 7) is 5.27. The Morgan fingerprint density at radius 2 is 1.11 bits per heavy atom. The van der Waals surface area contributed by atoms with E-state index in [9.17, 15) is 24.0 Å². The number of aldehydes is 1. The van der Waals surface area contributed by atoms with Gasteiger partial charge in [-0.3, -0.25) is 24.1 Å². The maximum absolute atomic E-state index is 11.7. The van der Waals surface area contributed by atoms with Crippen LogP contribution in [0.15, 0.2) is 12.2 Å². The Balaban J connectivity index is 1.72. The molecular formula is C25H40N2O11. The van der Waals surface area contributed by atoms with E-state index in [0.717, 1.165) is 11.2 Å². The Morgan fingerprint density at radius 1 is 0.658 bits per heavy atom. The number of hydrogen-bond acceptors (Lipinski definition) is 11. The molecule has 13 nitrogen and oxygen atoms in total. The highest BCUT2D eigenvalue weighted by Gasteiger charge is 2.23. The molecule has 1 heterocycles. The molecule has 0 atom stereocenters. The summed E-state index contributed by atoms with van der Waals surface area (Å²) >= 11 is 0. The number of carbonyl (C=O) groups is 5. The van der Waals surface area contributed by atoms with Crippen LogP contribution in [-0.2, 0) is 52.4 Å². The first kappa shape index (κ1) is 33.5. The van der Waals surface area contributed by atoms with E-state index in [1.54, 1.807) is 0 Å². The molecule has 13 heteroatoms. The second-order valence-corrected chi connectivity index (χ2v) is 7.93. The number of Topliss-reactive ketones (excluding diaryl/α,β-unsaturated/α-hetero) is 1. The van der Waals surface area contributed by atoms with Crippen LogP contribution in [-0.4, -0.2) is 127 Å². The Morgan fingerprint density at radius 3 is 1.58 bits per heavy atom. The second kappa shape index (κ2) is 23.6. The summed E-state index contributed by atoms with van der Waals surface area (Å²) in [7, 11) is 0. The summed E-state index contributed by atoms with van der Waals surface area (Å²) in [6, 6.07) is 0. The first-order chi connectivity index (χ1) is 18.5. The lowest BCUT2D eigenvalue weighted by atomic mass is 10.2. The quantitative estimate of drug-likeness (QED) is 0.0804. The lowest BCUT2D eigenvalue weighted by Crippen LogP contribution is -2.35. The van der Waals surface area contributed by atoms with E-state index in [1.807, 2.05) is 0 Å². The molecule has 1 N–H and O–H groups in total. The van der Waals surface area contributed by atoms with Crippen molar-refractivity contribution in [2.24, 2.45) is 0 Å². The van der Waals surface area contributed by atoms with Crippen molar-refractivity contribution in [3.63, 3.8) is 0 Å². The number of nitrogens with one attached hydrogen (secondary N) is 1. The third-order valence-electron chi connectivity index (χ3n) is 4.96. The smallest absolute Gasteiger partial charge is 0.253 e. The van der Waals surface area contributed by atoms with E-state index in [0.29, 0.717) is 92.2 Å².